The van der Waals surface area contributed by atoms with Gasteiger partial charge in [-0.25, -0.2) is 18.6 Å². The predicted molar refractivity (Wildman–Crippen MR) is 129 cm³/mol. The fraction of sp³-hybridized carbons (Fsp3) is 0.200. The number of nitrogens with zero attached hydrogens (tertiary/aromatic N) is 1. The second-order valence-corrected chi connectivity index (χ2v) is 8.15. The van der Waals surface area contributed by atoms with Gasteiger partial charge in [-0.1, -0.05) is 37.2 Å². The first kappa shape index (κ1) is 25.4. The lowest BCUT2D eigenvalue weighted by atomic mass is 10.2. The lowest BCUT2D eigenvalue weighted by Gasteiger charge is -2.10. The van der Waals surface area contributed by atoms with Crippen LogP contribution in [0, 0.1) is 11.6 Å². The van der Waals surface area contributed by atoms with Gasteiger partial charge in [-0.3, -0.25) is 0 Å². The zero-order valence-corrected chi connectivity index (χ0v) is 19.0. The summed E-state index contributed by atoms with van der Waals surface area (Å²) in [5, 5.41) is 2.77. The summed E-state index contributed by atoms with van der Waals surface area (Å²) < 4.78 is 44.4. The number of ether oxygens (including phenoxy) is 3. The van der Waals surface area contributed by atoms with Gasteiger partial charge in [0.25, 0.3) is 0 Å². The number of carbonyl (C=O) groups excluding carboxylic acids is 1. The summed E-state index contributed by atoms with van der Waals surface area (Å²) in [5.74, 6) is -1.36. The molecule has 0 N–H and O–H groups in total. The third kappa shape index (κ3) is 5.46. The molecule has 4 rings (SSSR count). The highest BCUT2D eigenvalue weighted by molar-refractivity contribution is 7.17. The van der Waals surface area contributed by atoms with E-state index >= 15 is 0 Å². The molecular formula is C25H22ClF2NO4S. The largest absolute Gasteiger partial charge is 0.489 e. The molecule has 2 heterocycles. The van der Waals surface area contributed by atoms with E-state index in [0.717, 1.165) is 11.6 Å². The van der Waals surface area contributed by atoms with E-state index < -0.39 is 17.6 Å². The average molecular weight is 506 g/mol. The van der Waals surface area contributed by atoms with Crippen LogP contribution in [0.4, 0.5) is 8.78 Å². The van der Waals surface area contributed by atoms with Gasteiger partial charge < -0.3 is 14.2 Å². The van der Waals surface area contributed by atoms with Crippen molar-refractivity contribution in [3.8, 4) is 11.5 Å². The van der Waals surface area contributed by atoms with Gasteiger partial charge in [-0.2, -0.15) is 0 Å². The van der Waals surface area contributed by atoms with Gasteiger partial charge >= 0.3 is 5.97 Å². The number of halogens is 3. The highest BCUT2D eigenvalue weighted by atomic mass is 35.5. The molecule has 0 bridgehead atoms. The maximum absolute atomic E-state index is 13.8. The fourth-order valence-electron chi connectivity index (χ4n) is 3.16. The van der Waals surface area contributed by atoms with Crippen LogP contribution in [0.3, 0.4) is 0 Å². The number of thiophene rings is 1. The van der Waals surface area contributed by atoms with Crippen molar-refractivity contribution in [3.05, 3.63) is 87.5 Å². The maximum atomic E-state index is 13.8. The second-order valence-electron chi connectivity index (χ2n) is 6.91. The van der Waals surface area contributed by atoms with Gasteiger partial charge in [-0.15, -0.1) is 11.3 Å². The molecule has 34 heavy (non-hydrogen) atoms. The smallest absolute Gasteiger partial charge is 0.341 e. The lowest BCUT2D eigenvalue weighted by molar-refractivity contribution is 0.0528. The van der Waals surface area contributed by atoms with Crippen LogP contribution in [-0.4, -0.2) is 17.6 Å². The van der Waals surface area contributed by atoms with Crippen molar-refractivity contribution >= 4 is 39.0 Å². The summed E-state index contributed by atoms with van der Waals surface area (Å²) >= 11 is 7.66. The van der Waals surface area contributed by atoms with E-state index in [1.54, 1.807) is 31.2 Å². The van der Waals surface area contributed by atoms with E-state index in [2.05, 4.69) is 4.98 Å². The Labute approximate surface area is 204 Å². The van der Waals surface area contributed by atoms with Crippen LogP contribution in [0.5, 0.6) is 11.5 Å². The molecule has 0 aliphatic carbocycles. The number of aromatic nitrogens is 1. The van der Waals surface area contributed by atoms with Crippen LogP contribution >= 0.6 is 22.9 Å². The molecule has 0 atom stereocenters. The standard InChI is InChI=1S/C24H18ClF2NO4S.CH4/c1-2-30-24(29)18-10-28-23(25)20-15(13-33-22(18)20)12-32-17-7-4-6-16(9-17)31-11-14-5-3-8-19(26)21(14)27;/h3-10,13H,2,11-12H2,1H3;1H4. The molecule has 0 saturated carbocycles. The molecule has 2 aromatic carbocycles. The van der Waals surface area contributed by atoms with Crippen LogP contribution < -0.4 is 9.47 Å². The van der Waals surface area contributed by atoms with Crippen LogP contribution in [0.2, 0.25) is 5.15 Å². The minimum absolute atomic E-state index is 0. The van der Waals surface area contributed by atoms with E-state index in [0.29, 0.717) is 27.1 Å². The number of fused-ring (bicyclic) bond motifs is 1. The Hall–Kier alpha value is -3.23. The molecule has 0 aliphatic rings. The van der Waals surface area contributed by atoms with E-state index in [1.165, 1.54) is 29.7 Å². The SMILES string of the molecule is C.CCOC(=O)c1cnc(Cl)c2c(COc3cccc(OCc4cccc(F)c4F)c3)csc12. The number of hydrogen-bond donors (Lipinski definition) is 0. The third-order valence-corrected chi connectivity index (χ3v) is 6.09. The fourth-order valence-corrected chi connectivity index (χ4v) is 4.53. The zero-order valence-electron chi connectivity index (χ0n) is 17.4. The topological polar surface area (TPSA) is 57.7 Å². The number of carbonyl (C=O) groups is 1. The highest BCUT2D eigenvalue weighted by Crippen LogP contribution is 2.34. The van der Waals surface area contributed by atoms with Gasteiger partial charge in [0.2, 0.25) is 0 Å². The van der Waals surface area contributed by atoms with Crippen molar-refractivity contribution < 1.29 is 27.8 Å². The molecule has 4 aromatic rings. The normalized spacial score (nSPS) is 10.6. The molecule has 0 fully saturated rings. The van der Waals surface area contributed by atoms with Crippen molar-refractivity contribution in [2.75, 3.05) is 6.61 Å². The summed E-state index contributed by atoms with van der Waals surface area (Å²) in [5.41, 5.74) is 1.24. The van der Waals surface area contributed by atoms with Gasteiger partial charge in [-0.05, 0) is 30.5 Å². The summed E-state index contributed by atoms with van der Waals surface area (Å²) in [4.78, 5) is 16.3. The number of benzene rings is 2. The van der Waals surface area contributed by atoms with Crippen LogP contribution in [-0.2, 0) is 18.0 Å². The van der Waals surface area contributed by atoms with Gasteiger partial charge in [0.1, 0.15) is 29.9 Å². The first-order valence-corrected chi connectivity index (χ1v) is 11.2. The quantitative estimate of drug-likeness (QED) is 0.187. The van der Waals surface area contributed by atoms with Gasteiger partial charge in [0.05, 0.1) is 16.9 Å². The first-order chi connectivity index (χ1) is 16.0. The Bertz CT molecular complexity index is 1310. The molecule has 5 nitrogen and oxygen atoms in total. The summed E-state index contributed by atoms with van der Waals surface area (Å²) in [7, 11) is 0. The molecule has 9 heteroatoms. The van der Waals surface area contributed by atoms with Crippen molar-refractivity contribution in [1.82, 2.24) is 4.98 Å². The Kier molecular flexibility index (Phi) is 8.41. The number of pyridine rings is 1. The highest BCUT2D eigenvalue weighted by Gasteiger charge is 2.19. The van der Waals surface area contributed by atoms with E-state index in [1.807, 2.05) is 5.38 Å². The van der Waals surface area contributed by atoms with Crippen molar-refractivity contribution in [1.29, 1.82) is 0 Å². The molecule has 0 radical (unpaired) electrons. The molecule has 2 aromatic heterocycles. The van der Waals surface area contributed by atoms with E-state index in [4.69, 9.17) is 25.8 Å². The molecular weight excluding hydrogens is 484 g/mol. The molecule has 0 saturated heterocycles. The Balaban J connectivity index is 0.00000324. The monoisotopic (exact) mass is 505 g/mol. The number of rotatable bonds is 8. The Morgan fingerprint density at radius 2 is 1.74 bits per heavy atom. The number of esters is 1. The molecule has 178 valence electrons. The maximum Gasteiger partial charge on any atom is 0.341 e. The van der Waals surface area contributed by atoms with Gasteiger partial charge in [0.15, 0.2) is 11.6 Å². The minimum atomic E-state index is -0.929. The van der Waals surface area contributed by atoms with Gasteiger partial charge in [0, 0.05) is 28.8 Å². The summed E-state index contributed by atoms with van der Waals surface area (Å²) in [6, 6.07) is 10.8. The van der Waals surface area contributed by atoms with E-state index in [-0.39, 0.29) is 38.0 Å². The predicted octanol–water partition coefficient (Wildman–Crippen LogP) is 7.20. The van der Waals surface area contributed by atoms with Crippen LogP contribution in [0.25, 0.3) is 10.1 Å². The zero-order chi connectivity index (χ0) is 23.4. The average Bonchev–Trinajstić information content (AvgIpc) is 3.24. The van der Waals surface area contributed by atoms with E-state index in [9.17, 15) is 13.6 Å². The van der Waals surface area contributed by atoms with Crippen LogP contribution in [0.1, 0.15) is 35.8 Å². The second kappa shape index (κ2) is 11.3. The Morgan fingerprint density at radius 1 is 1.06 bits per heavy atom. The minimum Gasteiger partial charge on any atom is -0.489 e. The molecule has 0 spiro atoms. The Morgan fingerprint density at radius 3 is 2.44 bits per heavy atom. The van der Waals surface area contributed by atoms with Crippen molar-refractivity contribution in [3.63, 3.8) is 0 Å². The summed E-state index contributed by atoms with van der Waals surface area (Å²) in [6.45, 7) is 2.04. The van der Waals surface area contributed by atoms with Crippen molar-refractivity contribution in [2.45, 2.75) is 27.6 Å². The number of hydrogen-bond acceptors (Lipinski definition) is 6. The summed E-state index contributed by atoms with van der Waals surface area (Å²) in [6.07, 6.45) is 1.41. The molecule has 0 amide bonds. The first-order valence-electron chi connectivity index (χ1n) is 9.98. The molecule has 0 unspecified atom stereocenters. The van der Waals surface area contributed by atoms with Crippen molar-refractivity contribution in [2.24, 2.45) is 0 Å². The van der Waals surface area contributed by atoms with Crippen LogP contribution in [0.15, 0.2) is 54.0 Å². The lowest BCUT2D eigenvalue weighted by Crippen LogP contribution is -2.05. The third-order valence-electron chi connectivity index (χ3n) is 4.75. The molecule has 0 aliphatic heterocycles.